The molecule has 0 amide bonds. The topological polar surface area (TPSA) is 23.5 Å². The molecular formula is C10H19NOS. The molecule has 3 heteroatoms. The van der Waals surface area contributed by atoms with Gasteiger partial charge in [-0.15, -0.1) is 0 Å². The van der Waals surface area contributed by atoms with Crippen LogP contribution in [0, 0.1) is 0 Å². The van der Waals surface area contributed by atoms with E-state index in [1.165, 1.54) is 43.7 Å². The zero-order valence-corrected chi connectivity index (χ0v) is 8.93. The summed E-state index contributed by atoms with van der Waals surface area (Å²) in [6, 6.07) is 1.26. The zero-order chi connectivity index (χ0) is 9.10. The fourth-order valence-corrected chi connectivity index (χ4v) is 3.63. The molecule has 2 heterocycles. The first-order valence-corrected chi connectivity index (χ1v) is 6.51. The van der Waals surface area contributed by atoms with Crippen molar-refractivity contribution in [1.82, 2.24) is 4.90 Å². The predicted molar refractivity (Wildman–Crippen MR) is 57.2 cm³/mol. The van der Waals surface area contributed by atoms with Gasteiger partial charge in [0.05, 0.1) is 6.61 Å². The van der Waals surface area contributed by atoms with E-state index in [4.69, 9.17) is 0 Å². The van der Waals surface area contributed by atoms with Crippen LogP contribution < -0.4 is 0 Å². The first-order chi connectivity index (χ1) is 6.42. The molecule has 2 aliphatic heterocycles. The van der Waals surface area contributed by atoms with Gasteiger partial charge in [-0.1, -0.05) is 0 Å². The number of nitrogens with zero attached hydrogens (tertiary/aromatic N) is 1. The van der Waals surface area contributed by atoms with E-state index in [1.54, 1.807) is 0 Å². The minimum atomic E-state index is 0.365. The summed E-state index contributed by atoms with van der Waals surface area (Å²) < 4.78 is 0. The predicted octanol–water partition coefficient (Wildman–Crippen LogP) is 1.34. The summed E-state index contributed by atoms with van der Waals surface area (Å²) in [6.07, 6.45) is 5.16. The first-order valence-electron chi connectivity index (χ1n) is 5.36. The molecule has 2 rings (SSSR count). The number of hydrogen-bond donors (Lipinski definition) is 1. The molecule has 2 saturated heterocycles. The lowest BCUT2D eigenvalue weighted by atomic mass is 10.1. The Kier molecular flexibility index (Phi) is 3.52. The van der Waals surface area contributed by atoms with Gasteiger partial charge in [-0.2, -0.15) is 11.8 Å². The minimum Gasteiger partial charge on any atom is -0.395 e. The van der Waals surface area contributed by atoms with Crippen LogP contribution in [0.15, 0.2) is 0 Å². The Hall–Kier alpha value is 0.270. The lowest BCUT2D eigenvalue weighted by Crippen LogP contribution is -2.42. The lowest BCUT2D eigenvalue weighted by Gasteiger charge is -2.34. The second-order valence-electron chi connectivity index (χ2n) is 4.06. The Morgan fingerprint density at radius 2 is 2.00 bits per heavy atom. The van der Waals surface area contributed by atoms with Crippen molar-refractivity contribution in [2.75, 3.05) is 24.7 Å². The summed E-state index contributed by atoms with van der Waals surface area (Å²) in [5.41, 5.74) is 0. The Morgan fingerprint density at radius 3 is 2.69 bits per heavy atom. The number of thioether (sulfide) groups is 1. The molecule has 0 radical (unpaired) electrons. The van der Waals surface area contributed by atoms with E-state index in [2.05, 4.69) is 16.7 Å². The molecule has 0 aromatic rings. The SMILES string of the molecule is OC[C@H]1CCCN1C1CCSCC1. The number of rotatable bonds is 2. The van der Waals surface area contributed by atoms with Crippen molar-refractivity contribution >= 4 is 11.8 Å². The standard InChI is InChI=1S/C10H19NOS/c12-8-10-2-1-5-11(10)9-3-6-13-7-4-9/h9-10,12H,1-8H2/t10-/m1/s1. The number of aliphatic hydroxyl groups is 1. The average molecular weight is 201 g/mol. The van der Waals surface area contributed by atoms with E-state index < -0.39 is 0 Å². The highest BCUT2D eigenvalue weighted by molar-refractivity contribution is 7.99. The van der Waals surface area contributed by atoms with Gasteiger partial charge < -0.3 is 5.11 Å². The van der Waals surface area contributed by atoms with Crippen LogP contribution in [0.1, 0.15) is 25.7 Å². The number of likely N-dealkylation sites (tertiary alicyclic amines) is 1. The Morgan fingerprint density at radius 1 is 1.23 bits per heavy atom. The molecule has 13 heavy (non-hydrogen) atoms. The molecule has 0 spiro atoms. The average Bonchev–Trinajstić information content (AvgIpc) is 2.67. The number of hydrogen-bond acceptors (Lipinski definition) is 3. The normalized spacial score (nSPS) is 32.5. The van der Waals surface area contributed by atoms with Crippen LogP contribution in [0.4, 0.5) is 0 Å². The molecule has 76 valence electrons. The Labute approximate surface area is 84.7 Å². The second kappa shape index (κ2) is 4.67. The van der Waals surface area contributed by atoms with Gasteiger partial charge >= 0.3 is 0 Å². The molecule has 1 atom stereocenters. The molecule has 2 nitrogen and oxygen atoms in total. The van der Waals surface area contributed by atoms with Crippen LogP contribution in [0.2, 0.25) is 0 Å². The maximum Gasteiger partial charge on any atom is 0.0586 e. The van der Waals surface area contributed by atoms with Crippen LogP contribution in [0.5, 0.6) is 0 Å². The van der Waals surface area contributed by atoms with E-state index >= 15 is 0 Å². The van der Waals surface area contributed by atoms with Gasteiger partial charge in [0.1, 0.15) is 0 Å². The Bertz CT molecular complexity index is 159. The second-order valence-corrected chi connectivity index (χ2v) is 5.28. The van der Waals surface area contributed by atoms with Crippen molar-refractivity contribution in [3.63, 3.8) is 0 Å². The van der Waals surface area contributed by atoms with Gasteiger partial charge in [0.2, 0.25) is 0 Å². The molecule has 0 bridgehead atoms. The molecule has 2 aliphatic rings. The minimum absolute atomic E-state index is 0.365. The summed E-state index contributed by atoms with van der Waals surface area (Å²) in [4.78, 5) is 2.56. The van der Waals surface area contributed by atoms with Crippen molar-refractivity contribution in [1.29, 1.82) is 0 Å². The van der Waals surface area contributed by atoms with Crippen molar-refractivity contribution in [2.24, 2.45) is 0 Å². The summed E-state index contributed by atoms with van der Waals surface area (Å²) in [6.45, 7) is 1.59. The highest BCUT2D eigenvalue weighted by Crippen LogP contribution is 2.27. The molecule has 0 aliphatic carbocycles. The van der Waals surface area contributed by atoms with Crippen LogP contribution >= 0.6 is 11.8 Å². The molecule has 2 fully saturated rings. The highest BCUT2D eigenvalue weighted by atomic mass is 32.2. The van der Waals surface area contributed by atoms with Crippen LogP contribution in [-0.2, 0) is 0 Å². The van der Waals surface area contributed by atoms with Crippen molar-refractivity contribution in [3.05, 3.63) is 0 Å². The smallest absolute Gasteiger partial charge is 0.0586 e. The maximum absolute atomic E-state index is 9.22. The first kappa shape index (κ1) is 9.81. The quantitative estimate of drug-likeness (QED) is 0.729. The third-order valence-corrected chi connectivity index (χ3v) is 4.34. The number of aliphatic hydroxyl groups excluding tert-OH is 1. The lowest BCUT2D eigenvalue weighted by molar-refractivity contribution is 0.114. The zero-order valence-electron chi connectivity index (χ0n) is 8.11. The van der Waals surface area contributed by atoms with Crippen molar-refractivity contribution < 1.29 is 5.11 Å². The molecule has 0 unspecified atom stereocenters. The third kappa shape index (κ3) is 2.20. The fraction of sp³-hybridized carbons (Fsp3) is 1.00. The van der Waals surface area contributed by atoms with Gasteiger partial charge in [0.25, 0.3) is 0 Å². The highest BCUT2D eigenvalue weighted by Gasteiger charge is 2.30. The molecule has 0 saturated carbocycles. The van der Waals surface area contributed by atoms with Crippen molar-refractivity contribution in [3.8, 4) is 0 Å². The summed E-state index contributed by atoms with van der Waals surface area (Å²) in [7, 11) is 0. The van der Waals surface area contributed by atoms with Crippen LogP contribution in [0.3, 0.4) is 0 Å². The van der Waals surface area contributed by atoms with E-state index in [0.717, 1.165) is 6.04 Å². The third-order valence-electron chi connectivity index (χ3n) is 3.29. The summed E-state index contributed by atoms with van der Waals surface area (Å²) >= 11 is 2.08. The summed E-state index contributed by atoms with van der Waals surface area (Å²) in [5.74, 6) is 2.64. The van der Waals surface area contributed by atoms with Crippen molar-refractivity contribution in [2.45, 2.75) is 37.8 Å². The largest absolute Gasteiger partial charge is 0.395 e. The monoisotopic (exact) mass is 201 g/mol. The van der Waals surface area contributed by atoms with Gasteiger partial charge in [-0.25, -0.2) is 0 Å². The van der Waals surface area contributed by atoms with Gasteiger partial charge in [0.15, 0.2) is 0 Å². The van der Waals surface area contributed by atoms with Gasteiger partial charge in [0, 0.05) is 12.1 Å². The molecule has 1 N–H and O–H groups in total. The van der Waals surface area contributed by atoms with E-state index in [0.29, 0.717) is 12.6 Å². The molecular weight excluding hydrogens is 182 g/mol. The Balaban J connectivity index is 1.90. The van der Waals surface area contributed by atoms with Gasteiger partial charge in [-0.3, -0.25) is 4.90 Å². The van der Waals surface area contributed by atoms with Crippen LogP contribution in [-0.4, -0.2) is 46.7 Å². The maximum atomic E-state index is 9.22. The van der Waals surface area contributed by atoms with Gasteiger partial charge in [-0.05, 0) is 43.7 Å². The summed E-state index contributed by atoms with van der Waals surface area (Å²) in [5, 5.41) is 9.22. The van der Waals surface area contributed by atoms with E-state index in [9.17, 15) is 5.11 Å². The molecule has 0 aromatic heterocycles. The molecule has 0 aromatic carbocycles. The van der Waals surface area contributed by atoms with Crippen LogP contribution in [0.25, 0.3) is 0 Å². The van der Waals surface area contributed by atoms with E-state index in [1.807, 2.05) is 0 Å². The van der Waals surface area contributed by atoms with E-state index in [-0.39, 0.29) is 0 Å². The fourth-order valence-electron chi connectivity index (χ4n) is 2.55.